The maximum atomic E-state index is 12.0. The average molecular weight is 497 g/mol. The zero-order valence-corrected chi connectivity index (χ0v) is 18.9. The first-order valence-corrected chi connectivity index (χ1v) is 10.0. The van der Waals surface area contributed by atoms with Gasteiger partial charge >= 0.3 is 0 Å². The van der Waals surface area contributed by atoms with Crippen molar-refractivity contribution in [3.8, 4) is 0 Å². The molecule has 1 heterocycles. The van der Waals surface area contributed by atoms with Gasteiger partial charge in [-0.25, -0.2) is 0 Å². The van der Waals surface area contributed by atoms with E-state index in [9.17, 15) is 4.79 Å². The molecule has 1 aliphatic rings. The number of nitrogens with one attached hydrogen (secondary N) is 3. The van der Waals surface area contributed by atoms with E-state index in [4.69, 9.17) is 0 Å². The third-order valence-electron chi connectivity index (χ3n) is 5.14. The van der Waals surface area contributed by atoms with Gasteiger partial charge in [0, 0.05) is 50.9 Å². The second-order valence-corrected chi connectivity index (χ2v) is 7.15. The molecule has 1 saturated carbocycles. The highest BCUT2D eigenvalue weighted by molar-refractivity contribution is 14.0. The smallest absolute Gasteiger partial charge is 0.221 e. The van der Waals surface area contributed by atoms with Crippen LogP contribution in [0, 0.1) is 0 Å². The fourth-order valence-corrected chi connectivity index (χ4v) is 3.68. The lowest BCUT2D eigenvalue weighted by atomic mass is 10.2. The minimum atomic E-state index is 0. The summed E-state index contributed by atoms with van der Waals surface area (Å²) in [5, 5.41) is 10.9. The van der Waals surface area contributed by atoms with Crippen LogP contribution >= 0.6 is 24.0 Å². The molecule has 28 heavy (non-hydrogen) atoms. The molecular formula is C21H32IN5O. The Kier molecular flexibility index (Phi) is 9.60. The Morgan fingerprint density at radius 3 is 2.68 bits per heavy atom. The van der Waals surface area contributed by atoms with Crippen molar-refractivity contribution in [1.82, 2.24) is 20.5 Å². The molecule has 0 atom stereocenters. The summed E-state index contributed by atoms with van der Waals surface area (Å²) in [4.78, 5) is 16.2. The Morgan fingerprint density at radius 1 is 1.14 bits per heavy atom. The Bertz CT molecular complexity index is 767. The standard InChI is InChI=1S/C21H31N5O.HI/c1-22-21(24-14-11-20(27)25-18-8-3-4-9-18)23-13-6-15-26-16-12-17-7-2-5-10-19(17)26;/h2,5,7,10,12,16,18H,3-4,6,8-9,11,13-15H2,1H3,(H,25,27)(H2,22,23,24);1H. The van der Waals surface area contributed by atoms with E-state index in [-0.39, 0.29) is 29.9 Å². The number of aromatic nitrogens is 1. The van der Waals surface area contributed by atoms with Crippen molar-refractivity contribution in [3.63, 3.8) is 0 Å². The number of rotatable bonds is 8. The van der Waals surface area contributed by atoms with Crippen LogP contribution < -0.4 is 16.0 Å². The van der Waals surface area contributed by atoms with E-state index in [1.165, 1.54) is 23.7 Å². The molecule has 3 N–H and O–H groups in total. The number of fused-ring (bicyclic) bond motifs is 1. The van der Waals surface area contributed by atoms with Crippen LogP contribution in [-0.4, -0.2) is 42.6 Å². The van der Waals surface area contributed by atoms with Crippen LogP contribution in [0.15, 0.2) is 41.5 Å². The van der Waals surface area contributed by atoms with Gasteiger partial charge in [0.1, 0.15) is 0 Å². The molecule has 2 aromatic rings. The number of benzene rings is 1. The van der Waals surface area contributed by atoms with Crippen molar-refractivity contribution >= 4 is 46.7 Å². The van der Waals surface area contributed by atoms with Crippen LogP contribution in [0.2, 0.25) is 0 Å². The number of hydrogen-bond donors (Lipinski definition) is 3. The van der Waals surface area contributed by atoms with Crippen LogP contribution in [0.3, 0.4) is 0 Å². The van der Waals surface area contributed by atoms with E-state index >= 15 is 0 Å². The summed E-state index contributed by atoms with van der Waals surface area (Å²) in [6.07, 6.45) is 8.34. The van der Waals surface area contributed by atoms with Crippen LogP contribution in [-0.2, 0) is 11.3 Å². The summed E-state index contributed by atoms with van der Waals surface area (Å²) >= 11 is 0. The SMILES string of the molecule is CN=C(NCCCn1ccc2ccccc21)NCCC(=O)NC1CCCC1.I. The van der Waals surface area contributed by atoms with Gasteiger partial charge in [0.15, 0.2) is 5.96 Å². The lowest BCUT2D eigenvalue weighted by molar-refractivity contribution is -0.121. The largest absolute Gasteiger partial charge is 0.356 e. The highest BCUT2D eigenvalue weighted by Gasteiger charge is 2.16. The van der Waals surface area contributed by atoms with E-state index in [0.29, 0.717) is 19.0 Å². The zero-order chi connectivity index (χ0) is 18.9. The van der Waals surface area contributed by atoms with E-state index < -0.39 is 0 Å². The van der Waals surface area contributed by atoms with Crippen molar-refractivity contribution in [3.05, 3.63) is 36.5 Å². The minimum absolute atomic E-state index is 0. The number of carbonyl (C=O) groups is 1. The number of aliphatic imine (C=N–C) groups is 1. The monoisotopic (exact) mass is 497 g/mol. The molecule has 1 fully saturated rings. The van der Waals surface area contributed by atoms with Gasteiger partial charge in [0.05, 0.1) is 0 Å². The summed E-state index contributed by atoms with van der Waals surface area (Å²) in [6.45, 7) is 2.39. The summed E-state index contributed by atoms with van der Waals surface area (Å²) < 4.78 is 2.28. The van der Waals surface area contributed by atoms with Gasteiger partial charge in [0.25, 0.3) is 0 Å². The molecule has 0 unspecified atom stereocenters. The highest BCUT2D eigenvalue weighted by atomic mass is 127. The third-order valence-corrected chi connectivity index (χ3v) is 5.14. The topological polar surface area (TPSA) is 70.5 Å². The van der Waals surface area contributed by atoms with Crippen molar-refractivity contribution in [2.45, 2.75) is 51.1 Å². The maximum Gasteiger partial charge on any atom is 0.221 e. The third kappa shape index (κ3) is 6.68. The van der Waals surface area contributed by atoms with Gasteiger partial charge in [-0.2, -0.15) is 0 Å². The number of nitrogens with zero attached hydrogens (tertiary/aromatic N) is 2. The van der Waals surface area contributed by atoms with Crippen molar-refractivity contribution < 1.29 is 4.79 Å². The minimum Gasteiger partial charge on any atom is -0.356 e. The van der Waals surface area contributed by atoms with Crippen molar-refractivity contribution in [1.29, 1.82) is 0 Å². The summed E-state index contributed by atoms with van der Waals surface area (Å²) in [5.74, 6) is 0.880. The molecule has 0 radical (unpaired) electrons. The summed E-state index contributed by atoms with van der Waals surface area (Å²) in [7, 11) is 1.76. The normalized spacial score (nSPS) is 14.7. The Labute approximate surface area is 184 Å². The molecule has 0 spiro atoms. The van der Waals surface area contributed by atoms with Gasteiger partial charge < -0.3 is 20.5 Å². The number of hydrogen-bond acceptors (Lipinski definition) is 2. The quantitative estimate of drug-likeness (QED) is 0.227. The van der Waals surface area contributed by atoms with Gasteiger partial charge in [-0.3, -0.25) is 9.79 Å². The molecular weight excluding hydrogens is 465 g/mol. The van der Waals surface area contributed by atoms with Crippen molar-refractivity contribution in [2.24, 2.45) is 4.99 Å². The predicted molar refractivity (Wildman–Crippen MR) is 126 cm³/mol. The van der Waals surface area contributed by atoms with Gasteiger partial charge in [-0.1, -0.05) is 31.0 Å². The number of halogens is 1. The Morgan fingerprint density at radius 2 is 1.89 bits per heavy atom. The van der Waals surface area contributed by atoms with E-state index in [1.807, 2.05) is 0 Å². The molecule has 0 bridgehead atoms. The van der Waals surface area contributed by atoms with E-state index in [1.54, 1.807) is 7.05 Å². The fraction of sp³-hybridized carbons (Fsp3) is 0.524. The highest BCUT2D eigenvalue weighted by Crippen LogP contribution is 2.17. The van der Waals surface area contributed by atoms with E-state index in [2.05, 4.69) is 62.0 Å². The van der Waals surface area contributed by atoms with Crippen LogP contribution in [0.25, 0.3) is 10.9 Å². The Hall–Kier alpha value is -1.77. The molecule has 0 saturated heterocycles. The molecule has 1 amide bonds. The number of amides is 1. The summed E-state index contributed by atoms with van der Waals surface area (Å²) in [6, 6.07) is 11.0. The van der Waals surface area contributed by atoms with Gasteiger partial charge in [0.2, 0.25) is 5.91 Å². The second kappa shape index (κ2) is 11.9. The molecule has 3 rings (SSSR count). The zero-order valence-electron chi connectivity index (χ0n) is 16.6. The van der Waals surface area contributed by atoms with Crippen LogP contribution in [0.1, 0.15) is 38.5 Å². The lowest BCUT2D eigenvalue weighted by Gasteiger charge is -2.14. The molecule has 1 aromatic carbocycles. The van der Waals surface area contributed by atoms with Crippen LogP contribution in [0.4, 0.5) is 0 Å². The predicted octanol–water partition coefficient (Wildman–Crippen LogP) is 3.26. The first-order valence-electron chi connectivity index (χ1n) is 10.0. The molecule has 154 valence electrons. The fourth-order valence-electron chi connectivity index (χ4n) is 3.68. The number of aryl methyl sites for hydroxylation is 1. The molecule has 6 nitrogen and oxygen atoms in total. The molecule has 1 aromatic heterocycles. The average Bonchev–Trinajstić information content (AvgIpc) is 3.33. The molecule has 0 aliphatic heterocycles. The van der Waals surface area contributed by atoms with Crippen molar-refractivity contribution in [2.75, 3.05) is 20.1 Å². The first kappa shape index (κ1) is 22.5. The lowest BCUT2D eigenvalue weighted by Crippen LogP contribution is -2.40. The number of carbonyl (C=O) groups excluding carboxylic acids is 1. The Balaban J connectivity index is 0.00000280. The maximum absolute atomic E-state index is 12.0. The molecule has 7 heteroatoms. The van der Waals surface area contributed by atoms with E-state index in [0.717, 1.165) is 38.3 Å². The van der Waals surface area contributed by atoms with Crippen LogP contribution in [0.5, 0.6) is 0 Å². The number of para-hydroxylation sites is 1. The molecule has 1 aliphatic carbocycles. The van der Waals surface area contributed by atoms with Gasteiger partial charge in [-0.15, -0.1) is 24.0 Å². The number of guanidine groups is 1. The first-order chi connectivity index (χ1) is 13.3. The summed E-state index contributed by atoms with van der Waals surface area (Å²) in [5.41, 5.74) is 1.27. The second-order valence-electron chi connectivity index (χ2n) is 7.15. The van der Waals surface area contributed by atoms with Gasteiger partial charge in [-0.05, 0) is 36.8 Å².